The summed E-state index contributed by atoms with van der Waals surface area (Å²) in [6.45, 7) is 6.70. The maximum Gasteiger partial charge on any atom is 0.375 e. The van der Waals surface area contributed by atoms with E-state index in [4.69, 9.17) is 4.42 Å². The van der Waals surface area contributed by atoms with Gasteiger partial charge in [0.25, 0.3) is 12.5 Å². The zero-order valence-electron chi connectivity index (χ0n) is 9.39. The summed E-state index contributed by atoms with van der Waals surface area (Å²) in [5.74, 6) is 0.567. The van der Waals surface area contributed by atoms with E-state index in [9.17, 15) is 10.1 Å². The van der Waals surface area contributed by atoms with E-state index < -0.39 is 4.92 Å². The van der Waals surface area contributed by atoms with Crippen LogP contribution in [0.2, 0.25) is 0 Å². The van der Waals surface area contributed by atoms with Crippen LogP contribution in [0.15, 0.2) is 18.2 Å². The maximum absolute atomic E-state index is 10.8. The quantitative estimate of drug-likeness (QED) is 0.484. The second kappa shape index (κ2) is 4.92. The van der Waals surface area contributed by atoms with E-state index in [1.165, 1.54) is 12.1 Å². The predicted octanol–water partition coefficient (Wildman–Crippen LogP) is 1.08. The molecule has 1 aromatic carbocycles. The van der Waals surface area contributed by atoms with Gasteiger partial charge in [-0.1, -0.05) is 0 Å². The Morgan fingerprint density at radius 1 is 1.41 bits per heavy atom. The number of rotatable bonds is 3. The van der Waals surface area contributed by atoms with Crippen molar-refractivity contribution in [3.8, 4) is 5.75 Å². The molecule has 0 saturated carbocycles. The average molecular weight is 236 g/mol. The lowest BCUT2D eigenvalue weighted by Gasteiger charge is -2.27. The maximum atomic E-state index is 10.8. The largest absolute Gasteiger partial charge is 0.375 e. The Labute approximate surface area is 98.7 Å². The molecule has 0 spiro atoms. The van der Waals surface area contributed by atoms with Crippen LogP contribution in [0.1, 0.15) is 0 Å². The molecular formula is C11H14N3O3+. The lowest BCUT2D eigenvalue weighted by atomic mass is 10.2. The highest BCUT2D eigenvalue weighted by atomic mass is 16.6. The molecule has 1 saturated heterocycles. The van der Waals surface area contributed by atoms with Gasteiger partial charge in [0, 0.05) is 38.3 Å². The number of piperazine rings is 1. The van der Waals surface area contributed by atoms with Crippen molar-refractivity contribution in [2.24, 2.45) is 0 Å². The molecule has 0 atom stereocenters. The third-order valence-electron chi connectivity index (χ3n) is 2.77. The van der Waals surface area contributed by atoms with Crippen LogP contribution in [0.4, 0.5) is 11.4 Å². The third-order valence-corrected chi connectivity index (χ3v) is 2.77. The number of benzene rings is 1. The summed E-state index contributed by atoms with van der Waals surface area (Å²) in [6, 6.07) is 4.54. The second-order valence-electron chi connectivity index (χ2n) is 3.79. The molecule has 1 aliphatic rings. The van der Waals surface area contributed by atoms with Gasteiger partial charge < -0.3 is 10.2 Å². The first-order valence-electron chi connectivity index (χ1n) is 5.38. The molecule has 6 heteroatoms. The monoisotopic (exact) mass is 236 g/mol. The number of nitro groups is 1. The molecule has 6 nitrogen and oxygen atoms in total. The van der Waals surface area contributed by atoms with Crippen LogP contribution in [-0.4, -0.2) is 37.9 Å². The summed E-state index contributed by atoms with van der Waals surface area (Å²) < 4.78 is 5.00. The van der Waals surface area contributed by atoms with Gasteiger partial charge in [-0.3, -0.25) is 10.1 Å². The van der Waals surface area contributed by atoms with Gasteiger partial charge in [0.05, 0.1) is 11.0 Å². The van der Waals surface area contributed by atoms with Crippen molar-refractivity contribution in [3.05, 3.63) is 28.3 Å². The standard InChI is InChI=1S/C11H14N3O3/c1-17-11-3-2-9(14(15)16)8-10(11)13-6-4-12-5-7-13/h2-3,8,12H,1,4-7H2/q+1. The number of nitrogens with one attached hydrogen (secondary N) is 1. The average Bonchev–Trinajstić information content (AvgIpc) is 2.39. The van der Waals surface area contributed by atoms with Crippen molar-refractivity contribution in [3.63, 3.8) is 0 Å². The van der Waals surface area contributed by atoms with E-state index in [0.29, 0.717) is 5.75 Å². The molecule has 1 heterocycles. The van der Waals surface area contributed by atoms with E-state index >= 15 is 0 Å². The number of nitrogens with zero attached hydrogens (tertiary/aromatic N) is 2. The van der Waals surface area contributed by atoms with E-state index in [-0.39, 0.29) is 5.69 Å². The Morgan fingerprint density at radius 2 is 2.12 bits per heavy atom. The van der Waals surface area contributed by atoms with Gasteiger partial charge in [-0.05, 0) is 0 Å². The Bertz CT molecular complexity index is 442. The van der Waals surface area contributed by atoms with Crippen molar-refractivity contribution in [2.75, 3.05) is 31.1 Å². The minimum absolute atomic E-state index is 0.0688. The van der Waals surface area contributed by atoms with Crippen LogP contribution in [0.25, 0.3) is 0 Å². The number of hydrogen-bond donors (Lipinski definition) is 1. The fraction of sp³-hybridized carbons (Fsp3) is 0.364. The second-order valence-corrected chi connectivity index (χ2v) is 3.79. The summed E-state index contributed by atoms with van der Waals surface area (Å²) in [5, 5.41) is 14.0. The molecule has 1 aliphatic heterocycles. The van der Waals surface area contributed by atoms with Crippen molar-refractivity contribution in [1.82, 2.24) is 5.32 Å². The van der Waals surface area contributed by atoms with Crippen LogP contribution < -0.4 is 10.2 Å². The molecule has 1 fully saturated rings. The van der Waals surface area contributed by atoms with Crippen molar-refractivity contribution in [1.29, 1.82) is 0 Å². The summed E-state index contributed by atoms with van der Waals surface area (Å²) in [7, 11) is 0. The van der Waals surface area contributed by atoms with E-state index in [0.717, 1.165) is 31.9 Å². The molecule has 0 aromatic heterocycles. The zero-order valence-corrected chi connectivity index (χ0v) is 9.39. The smallest absolute Gasteiger partial charge is 0.361 e. The normalized spacial score (nSPS) is 15.6. The molecule has 0 unspecified atom stereocenters. The molecule has 0 radical (unpaired) electrons. The lowest BCUT2D eigenvalue weighted by Crippen LogP contribution is -2.43. The SMILES string of the molecule is C=[O+]c1ccc([N+](=O)[O-])cc1N1CCNCC1. The first-order valence-corrected chi connectivity index (χ1v) is 5.38. The molecule has 0 amide bonds. The van der Waals surface area contributed by atoms with Crippen molar-refractivity contribution < 1.29 is 9.35 Å². The molecule has 0 bridgehead atoms. The van der Waals surface area contributed by atoms with Crippen LogP contribution >= 0.6 is 0 Å². The highest BCUT2D eigenvalue weighted by Crippen LogP contribution is 2.32. The van der Waals surface area contributed by atoms with Crippen LogP contribution in [0, 0.1) is 10.1 Å². The number of carbonyl (C=O) groups excluding carboxylic acids is 1. The van der Waals surface area contributed by atoms with E-state index in [1.807, 2.05) is 0 Å². The van der Waals surface area contributed by atoms with Gasteiger partial charge in [0.2, 0.25) is 0 Å². The summed E-state index contributed by atoms with van der Waals surface area (Å²) in [5.41, 5.74) is 0.801. The fourth-order valence-electron chi connectivity index (χ4n) is 1.89. The minimum atomic E-state index is -0.404. The van der Waals surface area contributed by atoms with Gasteiger partial charge in [-0.2, -0.15) is 0 Å². The molecule has 90 valence electrons. The van der Waals surface area contributed by atoms with Gasteiger partial charge in [-0.25, -0.2) is 4.42 Å². The minimum Gasteiger partial charge on any atom is -0.361 e. The van der Waals surface area contributed by atoms with Crippen LogP contribution in [-0.2, 0) is 4.42 Å². The molecule has 17 heavy (non-hydrogen) atoms. The Hall–Kier alpha value is -1.95. The third kappa shape index (κ3) is 2.42. The predicted molar refractivity (Wildman–Crippen MR) is 64.7 cm³/mol. The highest BCUT2D eigenvalue weighted by molar-refractivity contribution is 5.62. The zero-order chi connectivity index (χ0) is 12.3. The number of hydrogen-bond acceptors (Lipinski definition) is 4. The molecule has 0 aliphatic carbocycles. The van der Waals surface area contributed by atoms with Gasteiger partial charge in [0.15, 0.2) is 0 Å². The topological polar surface area (TPSA) is 69.7 Å². The number of anilines is 1. The van der Waals surface area contributed by atoms with Gasteiger partial charge >= 0.3 is 5.75 Å². The summed E-state index contributed by atoms with van der Waals surface area (Å²) in [6.07, 6.45) is 0. The highest BCUT2D eigenvalue weighted by Gasteiger charge is 2.22. The van der Waals surface area contributed by atoms with Crippen LogP contribution in [0.3, 0.4) is 0 Å². The van der Waals surface area contributed by atoms with E-state index in [1.54, 1.807) is 6.07 Å². The fourth-order valence-corrected chi connectivity index (χ4v) is 1.89. The molecule has 1 N–H and O–H groups in total. The first kappa shape index (κ1) is 11.5. The van der Waals surface area contributed by atoms with E-state index in [2.05, 4.69) is 17.0 Å². The Kier molecular flexibility index (Phi) is 3.34. The summed E-state index contributed by atoms with van der Waals surface area (Å²) >= 11 is 0. The van der Waals surface area contributed by atoms with Gasteiger partial charge in [0.1, 0.15) is 5.69 Å². The first-order chi connectivity index (χ1) is 8.22. The summed E-state index contributed by atoms with van der Waals surface area (Å²) in [4.78, 5) is 12.4. The number of nitro benzene ring substituents is 1. The Morgan fingerprint density at radius 3 is 2.71 bits per heavy atom. The van der Waals surface area contributed by atoms with Gasteiger partial charge in [-0.15, -0.1) is 0 Å². The molecular weight excluding hydrogens is 222 g/mol. The number of non-ortho nitro benzene ring substituents is 1. The molecule has 1 aromatic rings. The van der Waals surface area contributed by atoms with Crippen molar-refractivity contribution >= 4 is 18.2 Å². The van der Waals surface area contributed by atoms with Crippen LogP contribution in [0.5, 0.6) is 5.75 Å². The Balaban J connectivity index is 2.37. The lowest BCUT2D eigenvalue weighted by molar-refractivity contribution is -0.385. The van der Waals surface area contributed by atoms with Crippen molar-refractivity contribution in [2.45, 2.75) is 0 Å². The molecule has 2 rings (SSSR count).